The molecule has 0 aromatic heterocycles. The minimum atomic E-state index is -1.14. The highest BCUT2D eigenvalue weighted by atomic mass is 19.1. The molecule has 0 saturated carbocycles. The zero-order chi connectivity index (χ0) is 13.7. The van der Waals surface area contributed by atoms with Crippen LogP contribution in [0.5, 0.6) is 0 Å². The lowest BCUT2D eigenvalue weighted by molar-refractivity contribution is 0.0154. The van der Waals surface area contributed by atoms with Gasteiger partial charge in [-0.05, 0) is 36.5 Å². The van der Waals surface area contributed by atoms with Gasteiger partial charge < -0.3 is 14.6 Å². The molecule has 1 fully saturated rings. The van der Waals surface area contributed by atoms with E-state index in [2.05, 4.69) is 0 Å². The van der Waals surface area contributed by atoms with Crippen LogP contribution in [0.2, 0.25) is 0 Å². The maximum absolute atomic E-state index is 13.0. The Kier molecular flexibility index (Phi) is 4.87. The van der Waals surface area contributed by atoms with Gasteiger partial charge in [-0.25, -0.2) is 9.18 Å². The fraction of sp³-hybridized carbons (Fsp3) is 0.500. The van der Waals surface area contributed by atoms with Gasteiger partial charge in [0.15, 0.2) is 0 Å². The Hall–Kier alpha value is -1.46. The van der Waals surface area contributed by atoms with Gasteiger partial charge in [-0.3, -0.25) is 0 Å². The molecule has 1 saturated heterocycles. The fourth-order valence-electron chi connectivity index (χ4n) is 2.12. The Morgan fingerprint density at radius 2 is 2.16 bits per heavy atom. The molecule has 1 N–H and O–H groups in total. The molecule has 0 aliphatic carbocycles. The van der Waals surface area contributed by atoms with E-state index < -0.39 is 11.8 Å². The van der Waals surface area contributed by atoms with Gasteiger partial charge in [-0.1, -0.05) is 6.07 Å². The highest BCUT2D eigenvalue weighted by molar-refractivity contribution is 5.89. The van der Waals surface area contributed by atoms with Crippen molar-refractivity contribution in [3.63, 3.8) is 0 Å². The van der Waals surface area contributed by atoms with Crippen molar-refractivity contribution in [3.05, 3.63) is 35.1 Å². The van der Waals surface area contributed by atoms with Crippen molar-refractivity contribution in [2.75, 3.05) is 19.8 Å². The van der Waals surface area contributed by atoms with E-state index in [4.69, 9.17) is 14.6 Å². The van der Waals surface area contributed by atoms with Gasteiger partial charge >= 0.3 is 5.97 Å². The zero-order valence-corrected chi connectivity index (χ0v) is 10.6. The van der Waals surface area contributed by atoms with Crippen molar-refractivity contribution in [3.8, 4) is 0 Å². The topological polar surface area (TPSA) is 55.8 Å². The molecule has 1 aromatic rings. The SMILES string of the molecule is O=C(O)c1cc(F)ccc1COCC1CCOCC1. The number of halogens is 1. The first kappa shape index (κ1) is 14.0. The van der Waals surface area contributed by atoms with E-state index in [0.29, 0.717) is 18.1 Å². The molecule has 0 amide bonds. The number of hydrogen-bond acceptors (Lipinski definition) is 3. The normalized spacial score (nSPS) is 16.5. The van der Waals surface area contributed by atoms with Gasteiger partial charge in [0.1, 0.15) is 5.82 Å². The lowest BCUT2D eigenvalue weighted by Crippen LogP contribution is -2.20. The summed E-state index contributed by atoms with van der Waals surface area (Å²) in [6, 6.07) is 3.73. The van der Waals surface area contributed by atoms with E-state index in [0.717, 1.165) is 32.1 Å². The molecule has 5 heteroatoms. The Morgan fingerprint density at radius 1 is 1.42 bits per heavy atom. The van der Waals surface area contributed by atoms with Crippen molar-refractivity contribution in [1.29, 1.82) is 0 Å². The molecule has 1 aromatic carbocycles. The number of rotatable bonds is 5. The summed E-state index contributed by atoms with van der Waals surface area (Å²) in [5, 5.41) is 9.00. The summed E-state index contributed by atoms with van der Waals surface area (Å²) in [6.07, 6.45) is 1.93. The summed E-state index contributed by atoms with van der Waals surface area (Å²) < 4.78 is 23.8. The molecule has 0 unspecified atom stereocenters. The quantitative estimate of drug-likeness (QED) is 0.891. The summed E-state index contributed by atoms with van der Waals surface area (Å²) in [5.41, 5.74) is 0.466. The number of carboxylic acid groups (broad SMARTS) is 1. The summed E-state index contributed by atoms with van der Waals surface area (Å²) in [7, 11) is 0. The summed E-state index contributed by atoms with van der Waals surface area (Å²) in [6.45, 7) is 2.29. The van der Waals surface area contributed by atoms with Crippen LogP contribution in [0.1, 0.15) is 28.8 Å². The van der Waals surface area contributed by atoms with Crippen LogP contribution in [-0.4, -0.2) is 30.9 Å². The van der Waals surface area contributed by atoms with Crippen LogP contribution in [0.4, 0.5) is 4.39 Å². The zero-order valence-electron chi connectivity index (χ0n) is 10.6. The van der Waals surface area contributed by atoms with Crippen LogP contribution in [0.15, 0.2) is 18.2 Å². The third kappa shape index (κ3) is 4.01. The summed E-state index contributed by atoms with van der Waals surface area (Å²) >= 11 is 0. The number of ether oxygens (including phenoxy) is 2. The first-order chi connectivity index (χ1) is 9.16. The largest absolute Gasteiger partial charge is 0.478 e. The van der Waals surface area contributed by atoms with Crippen LogP contribution in [0.25, 0.3) is 0 Å². The van der Waals surface area contributed by atoms with Gasteiger partial charge in [0.2, 0.25) is 0 Å². The maximum Gasteiger partial charge on any atom is 0.336 e. The Balaban J connectivity index is 1.89. The molecule has 0 atom stereocenters. The molecule has 2 rings (SSSR count). The van der Waals surface area contributed by atoms with E-state index in [1.165, 1.54) is 12.1 Å². The van der Waals surface area contributed by atoms with E-state index in [1.807, 2.05) is 0 Å². The van der Waals surface area contributed by atoms with E-state index in [9.17, 15) is 9.18 Å². The van der Waals surface area contributed by atoms with Gasteiger partial charge in [-0.2, -0.15) is 0 Å². The molecule has 1 aliphatic rings. The van der Waals surface area contributed by atoms with Crippen LogP contribution < -0.4 is 0 Å². The Morgan fingerprint density at radius 3 is 2.84 bits per heavy atom. The molecule has 104 valence electrons. The molecular weight excluding hydrogens is 251 g/mol. The monoisotopic (exact) mass is 268 g/mol. The van der Waals surface area contributed by atoms with Crippen molar-refractivity contribution in [2.45, 2.75) is 19.4 Å². The standard InChI is InChI=1S/C14H17FO4/c15-12-2-1-11(13(7-12)14(16)17)9-19-8-10-3-5-18-6-4-10/h1-2,7,10H,3-6,8-9H2,(H,16,17). The van der Waals surface area contributed by atoms with E-state index >= 15 is 0 Å². The van der Waals surface area contributed by atoms with Crippen LogP contribution in [0, 0.1) is 11.7 Å². The van der Waals surface area contributed by atoms with Crippen molar-refractivity contribution in [1.82, 2.24) is 0 Å². The number of benzene rings is 1. The first-order valence-corrected chi connectivity index (χ1v) is 6.34. The van der Waals surface area contributed by atoms with Gasteiger partial charge in [0.05, 0.1) is 18.8 Å². The molecule has 1 aliphatic heterocycles. The predicted octanol–water partition coefficient (Wildman–Crippen LogP) is 2.47. The Bertz CT molecular complexity index is 441. The first-order valence-electron chi connectivity index (χ1n) is 6.34. The number of aromatic carboxylic acids is 1. The highest BCUT2D eigenvalue weighted by Crippen LogP contribution is 2.17. The van der Waals surface area contributed by atoms with Crippen LogP contribution in [-0.2, 0) is 16.1 Å². The van der Waals surface area contributed by atoms with Gasteiger partial charge in [0.25, 0.3) is 0 Å². The predicted molar refractivity (Wildman–Crippen MR) is 66.6 cm³/mol. The molecule has 4 nitrogen and oxygen atoms in total. The molecular formula is C14H17FO4. The average Bonchev–Trinajstić information content (AvgIpc) is 2.41. The molecule has 19 heavy (non-hydrogen) atoms. The van der Waals surface area contributed by atoms with Crippen molar-refractivity contribution < 1.29 is 23.8 Å². The molecule has 0 radical (unpaired) electrons. The maximum atomic E-state index is 13.0. The third-order valence-corrected chi connectivity index (χ3v) is 3.25. The minimum absolute atomic E-state index is 0.0352. The second-order valence-electron chi connectivity index (χ2n) is 4.68. The fourth-order valence-corrected chi connectivity index (χ4v) is 2.12. The van der Waals surface area contributed by atoms with Gasteiger partial charge in [-0.15, -0.1) is 0 Å². The summed E-state index contributed by atoms with van der Waals surface area (Å²) in [4.78, 5) is 11.0. The highest BCUT2D eigenvalue weighted by Gasteiger charge is 2.15. The Labute approximate surface area is 111 Å². The average molecular weight is 268 g/mol. The smallest absolute Gasteiger partial charge is 0.336 e. The van der Waals surface area contributed by atoms with Crippen LogP contribution >= 0.6 is 0 Å². The molecule has 0 bridgehead atoms. The molecule has 0 spiro atoms. The lowest BCUT2D eigenvalue weighted by atomic mass is 10.0. The number of carboxylic acids is 1. The lowest BCUT2D eigenvalue weighted by Gasteiger charge is -2.21. The van der Waals surface area contributed by atoms with Crippen molar-refractivity contribution in [2.24, 2.45) is 5.92 Å². The molecule has 1 heterocycles. The second kappa shape index (κ2) is 6.63. The van der Waals surface area contributed by atoms with Gasteiger partial charge in [0, 0.05) is 13.2 Å². The summed E-state index contributed by atoms with van der Waals surface area (Å²) in [5.74, 6) is -1.22. The number of carbonyl (C=O) groups is 1. The second-order valence-corrected chi connectivity index (χ2v) is 4.68. The van der Waals surface area contributed by atoms with Crippen LogP contribution in [0.3, 0.4) is 0 Å². The minimum Gasteiger partial charge on any atom is -0.478 e. The number of hydrogen-bond donors (Lipinski definition) is 1. The van der Waals surface area contributed by atoms with E-state index in [1.54, 1.807) is 0 Å². The third-order valence-electron chi connectivity index (χ3n) is 3.25. The van der Waals surface area contributed by atoms with Crippen molar-refractivity contribution >= 4 is 5.97 Å². The van der Waals surface area contributed by atoms with E-state index in [-0.39, 0.29) is 12.2 Å².